The van der Waals surface area contributed by atoms with Crippen LogP contribution in [0, 0.1) is 17.2 Å². The van der Waals surface area contributed by atoms with E-state index in [0.29, 0.717) is 0 Å². The van der Waals surface area contributed by atoms with Gasteiger partial charge in [0.25, 0.3) is 0 Å². The molecule has 130 valence electrons. The molecule has 2 aromatic carbocycles. The minimum absolute atomic E-state index is 0.223. The molecule has 0 bridgehead atoms. The van der Waals surface area contributed by atoms with Gasteiger partial charge in [-0.25, -0.2) is 0 Å². The topological polar surface area (TPSA) is 27.0 Å². The van der Waals surface area contributed by atoms with Crippen LogP contribution < -0.4 is 0 Å². The van der Waals surface area contributed by atoms with Crippen molar-refractivity contribution in [1.29, 1.82) is 5.26 Å². The summed E-state index contributed by atoms with van der Waals surface area (Å²) in [6.45, 7) is 5.54. The smallest absolute Gasteiger partial charge is 0.111 e. The van der Waals surface area contributed by atoms with E-state index in [1.165, 1.54) is 25.7 Å². The molecule has 2 aromatic rings. The lowest BCUT2D eigenvalue weighted by atomic mass is 9.67. The molecular weight excluding hydrogens is 304 g/mol. The first-order valence-corrected chi connectivity index (χ1v) is 9.52. The molecule has 1 saturated heterocycles. The molecule has 0 saturated carbocycles. The first-order chi connectivity index (χ1) is 12.3. The van der Waals surface area contributed by atoms with Crippen LogP contribution in [0.2, 0.25) is 0 Å². The summed E-state index contributed by atoms with van der Waals surface area (Å²) < 4.78 is 0. The van der Waals surface area contributed by atoms with Gasteiger partial charge in [0, 0.05) is 6.54 Å². The van der Waals surface area contributed by atoms with Crippen molar-refractivity contribution in [1.82, 2.24) is 4.90 Å². The minimum Gasteiger partial charge on any atom is -0.303 e. The Hall–Kier alpha value is -2.11. The molecule has 1 heterocycles. The molecule has 2 heteroatoms. The average molecular weight is 332 g/mol. The van der Waals surface area contributed by atoms with Gasteiger partial charge in [-0.2, -0.15) is 5.26 Å². The standard InChI is InChI=1S/C23H28N2/c1-20(18-25-16-10-2-3-11-17-25)23(19-24,21-12-6-4-7-13-21)22-14-8-5-9-15-22/h4-9,12-15,20H,2-3,10-11,16-18H2,1H3/t20-/m1/s1. The fourth-order valence-electron chi connectivity index (χ4n) is 4.22. The molecular formula is C23H28N2. The predicted octanol–water partition coefficient (Wildman–Crippen LogP) is 5.01. The van der Waals surface area contributed by atoms with Gasteiger partial charge >= 0.3 is 0 Å². The molecule has 1 aliphatic heterocycles. The molecule has 2 nitrogen and oxygen atoms in total. The second-order valence-corrected chi connectivity index (χ2v) is 7.27. The van der Waals surface area contributed by atoms with E-state index in [0.717, 1.165) is 30.8 Å². The zero-order valence-electron chi connectivity index (χ0n) is 15.2. The average Bonchev–Trinajstić information content (AvgIpc) is 2.93. The quantitative estimate of drug-likeness (QED) is 0.769. The third-order valence-corrected chi connectivity index (χ3v) is 5.60. The van der Waals surface area contributed by atoms with Gasteiger partial charge in [-0.05, 0) is 43.0 Å². The number of rotatable bonds is 5. The Bertz CT molecular complexity index is 640. The summed E-state index contributed by atoms with van der Waals surface area (Å²) in [7, 11) is 0. The van der Waals surface area contributed by atoms with Gasteiger partial charge in [0.05, 0.1) is 6.07 Å². The highest BCUT2D eigenvalue weighted by molar-refractivity contribution is 5.46. The van der Waals surface area contributed by atoms with E-state index in [4.69, 9.17) is 0 Å². The summed E-state index contributed by atoms with van der Waals surface area (Å²) in [5.74, 6) is 0.223. The van der Waals surface area contributed by atoms with Crippen molar-refractivity contribution in [2.24, 2.45) is 5.92 Å². The van der Waals surface area contributed by atoms with E-state index in [1.54, 1.807) is 0 Å². The van der Waals surface area contributed by atoms with Crippen molar-refractivity contribution in [2.45, 2.75) is 38.0 Å². The third kappa shape index (κ3) is 3.78. The zero-order chi connectivity index (χ0) is 17.5. The zero-order valence-corrected chi connectivity index (χ0v) is 15.2. The van der Waals surface area contributed by atoms with Crippen molar-refractivity contribution < 1.29 is 0 Å². The van der Waals surface area contributed by atoms with Crippen LogP contribution in [-0.2, 0) is 5.41 Å². The van der Waals surface area contributed by atoms with Crippen LogP contribution in [0.1, 0.15) is 43.7 Å². The van der Waals surface area contributed by atoms with Crippen molar-refractivity contribution in [3.05, 3.63) is 71.8 Å². The van der Waals surface area contributed by atoms with E-state index in [2.05, 4.69) is 42.2 Å². The van der Waals surface area contributed by atoms with E-state index >= 15 is 0 Å². The van der Waals surface area contributed by atoms with Crippen LogP contribution >= 0.6 is 0 Å². The van der Waals surface area contributed by atoms with Gasteiger partial charge in [0.2, 0.25) is 0 Å². The summed E-state index contributed by atoms with van der Waals surface area (Å²) in [5.41, 5.74) is 1.60. The molecule has 0 unspecified atom stereocenters. The number of nitriles is 1. The summed E-state index contributed by atoms with van der Waals surface area (Å²) in [6, 6.07) is 23.4. The maximum absolute atomic E-state index is 10.4. The Morgan fingerprint density at radius 1 is 0.880 bits per heavy atom. The van der Waals surface area contributed by atoms with Crippen molar-refractivity contribution >= 4 is 0 Å². The summed E-state index contributed by atoms with van der Waals surface area (Å²) in [5, 5.41) is 10.4. The lowest BCUT2D eigenvalue weighted by molar-refractivity contribution is 0.220. The summed E-state index contributed by atoms with van der Waals surface area (Å²) in [6.07, 6.45) is 5.24. The van der Waals surface area contributed by atoms with Crippen LogP contribution in [0.3, 0.4) is 0 Å². The van der Waals surface area contributed by atoms with Crippen molar-refractivity contribution in [3.8, 4) is 6.07 Å². The van der Waals surface area contributed by atoms with Crippen LogP contribution in [0.25, 0.3) is 0 Å². The van der Waals surface area contributed by atoms with E-state index < -0.39 is 5.41 Å². The van der Waals surface area contributed by atoms with Crippen molar-refractivity contribution in [2.75, 3.05) is 19.6 Å². The van der Waals surface area contributed by atoms with Gasteiger partial charge in [-0.15, -0.1) is 0 Å². The predicted molar refractivity (Wildman–Crippen MR) is 103 cm³/mol. The largest absolute Gasteiger partial charge is 0.303 e. The highest BCUT2D eigenvalue weighted by Crippen LogP contribution is 2.39. The molecule has 0 N–H and O–H groups in total. The van der Waals surface area contributed by atoms with Crippen LogP contribution in [-0.4, -0.2) is 24.5 Å². The van der Waals surface area contributed by atoms with Crippen LogP contribution in [0.4, 0.5) is 0 Å². The second-order valence-electron chi connectivity index (χ2n) is 7.27. The summed E-state index contributed by atoms with van der Waals surface area (Å²) in [4.78, 5) is 2.57. The molecule has 0 radical (unpaired) electrons. The Balaban J connectivity index is 1.97. The molecule has 0 aliphatic carbocycles. The molecule has 0 amide bonds. The normalized spacial score (nSPS) is 17.4. The first-order valence-electron chi connectivity index (χ1n) is 9.52. The van der Waals surface area contributed by atoms with Gasteiger partial charge < -0.3 is 4.90 Å². The lowest BCUT2D eigenvalue weighted by Crippen LogP contribution is -2.41. The number of benzene rings is 2. The van der Waals surface area contributed by atoms with E-state index in [1.807, 2.05) is 36.4 Å². The minimum atomic E-state index is -0.602. The lowest BCUT2D eigenvalue weighted by Gasteiger charge is -2.37. The Labute approximate surface area is 152 Å². The Morgan fingerprint density at radius 3 is 1.80 bits per heavy atom. The summed E-state index contributed by atoms with van der Waals surface area (Å²) >= 11 is 0. The Morgan fingerprint density at radius 2 is 1.36 bits per heavy atom. The van der Waals surface area contributed by atoms with Gasteiger partial charge in [-0.1, -0.05) is 80.4 Å². The molecule has 0 aromatic heterocycles. The fourth-order valence-corrected chi connectivity index (χ4v) is 4.22. The fraction of sp³-hybridized carbons (Fsp3) is 0.435. The van der Waals surface area contributed by atoms with Gasteiger partial charge in [-0.3, -0.25) is 0 Å². The number of likely N-dealkylation sites (tertiary alicyclic amines) is 1. The molecule has 1 aliphatic rings. The first kappa shape index (κ1) is 17.7. The maximum atomic E-state index is 10.4. The number of hydrogen-bond donors (Lipinski definition) is 0. The number of hydrogen-bond acceptors (Lipinski definition) is 2. The highest BCUT2D eigenvalue weighted by Gasteiger charge is 2.40. The third-order valence-electron chi connectivity index (χ3n) is 5.60. The van der Waals surface area contributed by atoms with Gasteiger partial charge in [0.15, 0.2) is 0 Å². The molecule has 1 atom stereocenters. The Kier molecular flexibility index (Phi) is 5.89. The number of nitrogens with zero attached hydrogens (tertiary/aromatic N) is 2. The molecule has 0 spiro atoms. The van der Waals surface area contributed by atoms with Gasteiger partial charge in [0.1, 0.15) is 5.41 Å². The SMILES string of the molecule is C[C@H](CN1CCCCCC1)C(C#N)(c1ccccc1)c1ccccc1. The monoisotopic (exact) mass is 332 g/mol. The van der Waals surface area contributed by atoms with Crippen LogP contribution in [0.15, 0.2) is 60.7 Å². The van der Waals surface area contributed by atoms with E-state index in [9.17, 15) is 5.26 Å². The van der Waals surface area contributed by atoms with Crippen molar-refractivity contribution in [3.63, 3.8) is 0 Å². The highest BCUT2D eigenvalue weighted by atomic mass is 15.1. The van der Waals surface area contributed by atoms with E-state index in [-0.39, 0.29) is 5.92 Å². The molecule has 25 heavy (non-hydrogen) atoms. The molecule has 1 fully saturated rings. The van der Waals surface area contributed by atoms with Crippen LogP contribution in [0.5, 0.6) is 0 Å². The second kappa shape index (κ2) is 8.32. The maximum Gasteiger partial charge on any atom is 0.111 e. The molecule has 3 rings (SSSR count).